The van der Waals surface area contributed by atoms with Crippen molar-refractivity contribution >= 4 is 12.4 Å². The lowest BCUT2D eigenvalue weighted by Gasteiger charge is -2.29. The zero-order valence-electron chi connectivity index (χ0n) is 13.5. The third-order valence-electron chi connectivity index (χ3n) is 5.12. The maximum atomic E-state index is 6.30. The molecular formula is C17H27ClN2O2. The van der Waals surface area contributed by atoms with Gasteiger partial charge in [0.1, 0.15) is 11.5 Å². The molecular weight excluding hydrogens is 300 g/mol. The van der Waals surface area contributed by atoms with Crippen molar-refractivity contribution in [1.82, 2.24) is 4.90 Å². The summed E-state index contributed by atoms with van der Waals surface area (Å²) in [5.74, 6) is 3.22. The minimum atomic E-state index is 0. The molecule has 1 aliphatic carbocycles. The molecule has 3 atom stereocenters. The molecule has 5 heteroatoms. The Balaban J connectivity index is 0.00000176. The predicted octanol–water partition coefficient (Wildman–Crippen LogP) is 2.68. The Morgan fingerprint density at radius 2 is 2.00 bits per heavy atom. The summed E-state index contributed by atoms with van der Waals surface area (Å²) in [5, 5.41) is 0. The second-order valence-electron chi connectivity index (χ2n) is 6.39. The first-order valence-electron chi connectivity index (χ1n) is 7.90. The van der Waals surface area contributed by atoms with E-state index in [0.717, 1.165) is 30.5 Å². The van der Waals surface area contributed by atoms with Crippen LogP contribution in [0.4, 0.5) is 0 Å². The number of hydrogen-bond acceptors (Lipinski definition) is 4. The molecule has 1 saturated heterocycles. The van der Waals surface area contributed by atoms with Crippen LogP contribution < -0.4 is 15.2 Å². The summed E-state index contributed by atoms with van der Waals surface area (Å²) in [6, 6.07) is 6.47. The minimum Gasteiger partial charge on any atom is -0.497 e. The maximum Gasteiger partial charge on any atom is 0.127 e. The van der Waals surface area contributed by atoms with Crippen molar-refractivity contribution in [2.45, 2.75) is 31.8 Å². The molecule has 1 aliphatic heterocycles. The second kappa shape index (κ2) is 7.53. The van der Waals surface area contributed by atoms with Gasteiger partial charge in [0.2, 0.25) is 0 Å². The van der Waals surface area contributed by atoms with Crippen molar-refractivity contribution in [3.8, 4) is 11.5 Å². The summed E-state index contributed by atoms with van der Waals surface area (Å²) < 4.78 is 10.8. The third-order valence-corrected chi connectivity index (χ3v) is 5.12. The van der Waals surface area contributed by atoms with Crippen molar-refractivity contribution in [2.75, 3.05) is 27.3 Å². The number of benzene rings is 1. The number of nitrogens with two attached hydrogens (primary N) is 1. The molecule has 1 heterocycles. The van der Waals surface area contributed by atoms with Gasteiger partial charge in [0.15, 0.2) is 0 Å². The highest BCUT2D eigenvalue weighted by Gasteiger charge is 2.38. The normalized spacial score (nSPS) is 27.9. The largest absolute Gasteiger partial charge is 0.497 e. The summed E-state index contributed by atoms with van der Waals surface area (Å²) >= 11 is 0. The fraction of sp³-hybridized carbons (Fsp3) is 0.647. The summed E-state index contributed by atoms with van der Waals surface area (Å²) in [7, 11) is 3.40. The molecule has 3 rings (SSSR count). The van der Waals surface area contributed by atoms with Crippen molar-refractivity contribution in [3.63, 3.8) is 0 Å². The van der Waals surface area contributed by atoms with E-state index in [1.54, 1.807) is 14.2 Å². The summed E-state index contributed by atoms with van der Waals surface area (Å²) in [4.78, 5) is 2.53. The molecule has 4 nitrogen and oxygen atoms in total. The molecule has 0 amide bonds. The van der Waals surface area contributed by atoms with E-state index in [9.17, 15) is 0 Å². The molecule has 0 spiro atoms. The number of ether oxygens (including phenoxy) is 2. The number of halogens is 1. The lowest BCUT2D eigenvalue weighted by Crippen LogP contribution is -2.38. The van der Waals surface area contributed by atoms with Gasteiger partial charge in [-0.15, -0.1) is 12.4 Å². The van der Waals surface area contributed by atoms with Gasteiger partial charge in [0.05, 0.1) is 14.2 Å². The van der Waals surface area contributed by atoms with Crippen LogP contribution in [0.5, 0.6) is 11.5 Å². The maximum absolute atomic E-state index is 6.30. The number of methoxy groups -OCH3 is 2. The van der Waals surface area contributed by atoms with E-state index >= 15 is 0 Å². The molecule has 124 valence electrons. The van der Waals surface area contributed by atoms with E-state index in [1.807, 2.05) is 12.1 Å². The average Bonchev–Trinajstić information content (AvgIpc) is 2.91. The van der Waals surface area contributed by atoms with E-state index in [0.29, 0.717) is 12.0 Å². The summed E-state index contributed by atoms with van der Waals surface area (Å²) in [6.07, 6.45) is 3.83. The van der Waals surface area contributed by atoms with Crippen LogP contribution in [0.2, 0.25) is 0 Å². The molecule has 2 fully saturated rings. The van der Waals surface area contributed by atoms with E-state index in [-0.39, 0.29) is 12.4 Å². The Morgan fingerprint density at radius 1 is 1.18 bits per heavy atom. The van der Waals surface area contributed by atoms with Gasteiger partial charge >= 0.3 is 0 Å². The number of hydrogen-bond donors (Lipinski definition) is 1. The number of fused-ring (bicyclic) bond motifs is 1. The zero-order valence-corrected chi connectivity index (χ0v) is 14.3. The van der Waals surface area contributed by atoms with Gasteiger partial charge < -0.3 is 15.2 Å². The van der Waals surface area contributed by atoms with E-state index in [2.05, 4.69) is 11.0 Å². The van der Waals surface area contributed by atoms with E-state index < -0.39 is 0 Å². The van der Waals surface area contributed by atoms with Crippen LogP contribution in [-0.4, -0.2) is 38.3 Å². The lowest BCUT2D eigenvalue weighted by atomic mass is 9.78. The Morgan fingerprint density at radius 3 is 2.68 bits per heavy atom. The second-order valence-corrected chi connectivity index (χ2v) is 6.39. The predicted molar refractivity (Wildman–Crippen MR) is 90.9 cm³/mol. The molecule has 0 aromatic heterocycles. The van der Waals surface area contributed by atoms with Gasteiger partial charge in [-0.3, -0.25) is 4.90 Å². The third kappa shape index (κ3) is 3.50. The Bertz CT molecular complexity index is 498. The first kappa shape index (κ1) is 17.4. The SMILES string of the molecule is COc1ccc(CN2CC3CCCC(N)C3C2)c(OC)c1.Cl. The molecule has 0 bridgehead atoms. The van der Waals surface area contributed by atoms with Crippen LogP contribution in [0, 0.1) is 11.8 Å². The Hall–Kier alpha value is -0.970. The molecule has 2 N–H and O–H groups in total. The monoisotopic (exact) mass is 326 g/mol. The quantitative estimate of drug-likeness (QED) is 0.924. The first-order chi connectivity index (χ1) is 10.2. The van der Waals surface area contributed by atoms with Gasteiger partial charge in [-0.1, -0.05) is 12.5 Å². The van der Waals surface area contributed by atoms with Crippen molar-refractivity contribution in [3.05, 3.63) is 23.8 Å². The van der Waals surface area contributed by atoms with E-state index in [4.69, 9.17) is 15.2 Å². The fourth-order valence-electron chi connectivity index (χ4n) is 3.96. The molecule has 1 aromatic rings. The molecule has 0 radical (unpaired) electrons. The smallest absolute Gasteiger partial charge is 0.127 e. The van der Waals surface area contributed by atoms with Crippen LogP contribution in [-0.2, 0) is 6.54 Å². The van der Waals surface area contributed by atoms with Gasteiger partial charge in [-0.25, -0.2) is 0 Å². The van der Waals surface area contributed by atoms with Crippen LogP contribution in [0.1, 0.15) is 24.8 Å². The number of rotatable bonds is 4. The Labute approximate surface area is 139 Å². The fourth-order valence-corrected chi connectivity index (χ4v) is 3.96. The van der Waals surface area contributed by atoms with Gasteiger partial charge in [-0.05, 0) is 30.7 Å². The van der Waals surface area contributed by atoms with Crippen LogP contribution >= 0.6 is 12.4 Å². The highest BCUT2D eigenvalue weighted by Crippen LogP contribution is 2.37. The average molecular weight is 327 g/mol. The van der Waals surface area contributed by atoms with Gasteiger partial charge in [0.25, 0.3) is 0 Å². The van der Waals surface area contributed by atoms with Crippen LogP contribution in [0.3, 0.4) is 0 Å². The molecule has 22 heavy (non-hydrogen) atoms. The topological polar surface area (TPSA) is 47.7 Å². The van der Waals surface area contributed by atoms with Crippen LogP contribution in [0.15, 0.2) is 18.2 Å². The summed E-state index contributed by atoms with van der Waals surface area (Å²) in [5.41, 5.74) is 7.53. The Kier molecular flexibility index (Phi) is 5.95. The lowest BCUT2D eigenvalue weighted by molar-refractivity contribution is 0.259. The van der Waals surface area contributed by atoms with Crippen LogP contribution in [0.25, 0.3) is 0 Å². The molecule has 3 unspecified atom stereocenters. The van der Waals surface area contributed by atoms with E-state index in [1.165, 1.54) is 31.4 Å². The van der Waals surface area contributed by atoms with Gasteiger partial charge in [-0.2, -0.15) is 0 Å². The van der Waals surface area contributed by atoms with Crippen molar-refractivity contribution in [2.24, 2.45) is 17.6 Å². The highest BCUT2D eigenvalue weighted by atomic mass is 35.5. The first-order valence-corrected chi connectivity index (χ1v) is 7.90. The standard InChI is InChI=1S/C17H26N2O2.ClH/c1-20-14-7-6-13(17(8-14)21-2)10-19-9-12-4-3-5-16(18)15(12)11-19;/h6-8,12,15-16H,3-5,9-11,18H2,1-2H3;1H. The summed E-state index contributed by atoms with van der Waals surface area (Å²) in [6.45, 7) is 3.24. The molecule has 1 saturated carbocycles. The van der Waals surface area contributed by atoms with Crippen molar-refractivity contribution in [1.29, 1.82) is 0 Å². The van der Waals surface area contributed by atoms with Crippen molar-refractivity contribution < 1.29 is 9.47 Å². The highest BCUT2D eigenvalue weighted by molar-refractivity contribution is 5.85. The number of likely N-dealkylation sites (tertiary alicyclic amines) is 1. The number of nitrogens with zero attached hydrogens (tertiary/aromatic N) is 1. The molecule has 2 aliphatic rings. The van der Waals surface area contributed by atoms with Gasteiger partial charge in [0, 0.05) is 37.3 Å². The minimum absolute atomic E-state index is 0. The zero-order chi connectivity index (χ0) is 14.8. The molecule has 1 aromatic carbocycles.